The van der Waals surface area contributed by atoms with E-state index in [1.54, 1.807) is 0 Å². The number of likely N-dealkylation sites (tertiary alicyclic amines) is 1. The molecular weight excluding hydrogens is 258 g/mol. The minimum absolute atomic E-state index is 0.467. The van der Waals surface area contributed by atoms with Crippen LogP contribution < -0.4 is 5.32 Å². The summed E-state index contributed by atoms with van der Waals surface area (Å²) in [5.74, 6) is 0.657. The highest BCUT2D eigenvalue weighted by Gasteiger charge is 2.33. The molecule has 1 aromatic heterocycles. The van der Waals surface area contributed by atoms with Crippen LogP contribution in [-0.2, 0) is 0 Å². The van der Waals surface area contributed by atoms with Gasteiger partial charge in [-0.15, -0.1) is 0 Å². The molecule has 0 amide bonds. The second kappa shape index (κ2) is 6.12. The summed E-state index contributed by atoms with van der Waals surface area (Å²) in [4.78, 5) is 7.13. The number of benzene rings is 1. The molecule has 1 fully saturated rings. The fourth-order valence-electron chi connectivity index (χ4n) is 3.48. The first-order chi connectivity index (χ1) is 10.2. The molecule has 3 heteroatoms. The lowest BCUT2D eigenvalue weighted by molar-refractivity contribution is 0.271. The van der Waals surface area contributed by atoms with Crippen LogP contribution in [0, 0.1) is 5.92 Å². The van der Waals surface area contributed by atoms with E-state index in [9.17, 15) is 0 Å². The largest absolute Gasteiger partial charge is 0.314 e. The molecule has 0 spiro atoms. The minimum atomic E-state index is 0.467. The molecule has 0 saturated carbocycles. The molecule has 1 aromatic carbocycles. The zero-order chi connectivity index (χ0) is 14.8. The van der Waals surface area contributed by atoms with Gasteiger partial charge < -0.3 is 5.32 Å². The molecule has 3 rings (SSSR count). The maximum Gasteiger partial charge on any atom is 0.0749 e. The number of rotatable bonds is 4. The van der Waals surface area contributed by atoms with Gasteiger partial charge in [0.05, 0.1) is 5.52 Å². The molecule has 0 aliphatic carbocycles. The zero-order valence-corrected chi connectivity index (χ0v) is 13.2. The van der Waals surface area contributed by atoms with Gasteiger partial charge in [0.15, 0.2) is 0 Å². The van der Waals surface area contributed by atoms with Crippen molar-refractivity contribution in [1.82, 2.24) is 15.2 Å². The number of para-hydroxylation sites is 1. The van der Waals surface area contributed by atoms with Crippen molar-refractivity contribution >= 4 is 10.9 Å². The molecule has 0 radical (unpaired) electrons. The average molecular weight is 283 g/mol. The quantitative estimate of drug-likeness (QED) is 0.934. The highest BCUT2D eigenvalue weighted by Crippen LogP contribution is 2.38. The third-order valence-corrected chi connectivity index (χ3v) is 4.54. The lowest BCUT2D eigenvalue weighted by Gasteiger charge is -2.27. The van der Waals surface area contributed by atoms with E-state index < -0.39 is 0 Å². The van der Waals surface area contributed by atoms with Crippen LogP contribution in [0.3, 0.4) is 0 Å². The number of nitrogens with one attached hydrogen (secondary N) is 1. The Morgan fingerprint density at radius 2 is 2.10 bits per heavy atom. The van der Waals surface area contributed by atoms with Crippen molar-refractivity contribution in [2.24, 2.45) is 5.92 Å². The smallest absolute Gasteiger partial charge is 0.0749 e. The first kappa shape index (κ1) is 14.5. The molecule has 1 aliphatic rings. The van der Waals surface area contributed by atoms with Crippen molar-refractivity contribution in [2.75, 3.05) is 20.1 Å². The van der Waals surface area contributed by atoms with E-state index in [1.807, 2.05) is 12.3 Å². The van der Waals surface area contributed by atoms with Crippen molar-refractivity contribution in [1.29, 1.82) is 0 Å². The molecule has 21 heavy (non-hydrogen) atoms. The monoisotopic (exact) mass is 283 g/mol. The standard InChI is InChI=1S/C18H25N3/c1-13(2)20-12-15-9-11-21(3)18(15)16-8-4-6-14-7-5-10-19-17(14)16/h4-8,10,13,15,18,20H,9,11-12H2,1-3H3. The van der Waals surface area contributed by atoms with Crippen molar-refractivity contribution < 1.29 is 0 Å². The van der Waals surface area contributed by atoms with E-state index in [2.05, 4.69) is 60.4 Å². The van der Waals surface area contributed by atoms with Gasteiger partial charge in [0.2, 0.25) is 0 Å². The van der Waals surface area contributed by atoms with E-state index in [4.69, 9.17) is 0 Å². The van der Waals surface area contributed by atoms with Crippen molar-refractivity contribution in [3.63, 3.8) is 0 Å². The van der Waals surface area contributed by atoms with Gasteiger partial charge in [0.1, 0.15) is 0 Å². The van der Waals surface area contributed by atoms with E-state index in [1.165, 1.54) is 23.9 Å². The summed E-state index contributed by atoms with van der Waals surface area (Å²) in [6.45, 7) is 6.68. The maximum atomic E-state index is 4.64. The van der Waals surface area contributed by atoms with Crippen LogP contribution in [0.25, 0.3) is 10.9 Å². The first-order valence-corrected chi connectivity index (χ1v) is 7.94. The van der Waals surface area contributed by atoms with Crippen LogP contribution >= 0.6 is 0 Å². The minimum Gasteiger partial charge on any atom is -0.314 e. The Bertz CT molecular complexity index is 603. The molecular formula is C18H25N3. The van der Waals surface area contributed by atoms with Crippen molar-refractivity contribution in [2.45, 2.75) is 32.4 Å². The van der Waals surface area contributed by atoms with Gasteiger partial charge in [-0.3, -0.25) is 9.88 Å². The zero-order valence-electron chi connectivity index (χ0n) is 13.2. The average Bonchev–Trinajstić information content (AvgIpc) is 2.85. The van der Waals surface area contributed by atoms with Gasteiger partial charge >= 0.3 is 0 Å². The Kier molecular flexibility index (Phi) is 4.22. The molecule has 112 valence electrons. The summed E-state index contributed by atoms with van der Waals surface area (Å²) >= 11 is 0. The third-order valence-electron chi connectivity index (χ3n) is 4.54. The summed E-state index contributed by atoms with van der Waals surface area (Å²) in [5.41, 5.74) is 2.54. The number of nitrogens with zero attached hydrogens (tertiary/aromatic N) is 2. The lowest BCUT2D eigenvalue weighted by Crippen LogP contribution is -2.32. The van der Waals surface area contributed by atoms with Crippen LogP contribution in [0.4, 0.5) is 0 Å². The molecule has 1 N–H and O–H groups in total. The molecule has 1 aliphatic heterocycles. The van der Waals surface area contributed by atoms with E-state index in [0.29, 0.717) is 18.0 Å². The van der Waals surface area contributed by atoms with Crippen molar-refractivity contribution in [3.8, 4) is 0 Å². The number of hydrogen-bond acceptors (Lipinski definition) is 3. The fourth-order valence-corrected chi connectivity index (χ4v) is 3.48. The van der Waals surface area contributed by atoms with E-state index in [0.717, 1.165) is 12.1 Å². The Balaban J connectivity index is 1.95. The Morgan fingerprint density at radius 3 is 2.90 bits per heavy atom. The predicted molar refractivity (Wildman–Crippen MR) is 88.4 cm³/mol. The van der Waals surface area contributed by atoms with Crippen molar-refractivity contribution in [3.05, 3.63) is 42.1 Å². The van der Waals surface area contributed by atoms with Gasteiger partial charge in [0, 0.05) is 30.2 Å². The van der Waals surface area contributed by atoms with Gasteiger partial charge in [-0.1, -0.05) is 38.1 Å². The topological polar surface area (TPSA) is 28.2 Å². The van der Waals surface area contributed by atoms with Gasteiger partial charge in [-0.2, -0.15) is 0 Å². The normalized spacial score (nSPS) is 23.2. The highest BCUT2D eigenvalue weighted by atomic mass is 15.2. The molecule has 2 heterocycles. The molecule has 3 nitrogen and oxygen atoms in total. The number of hydrogen-bond donors (Lipinski definition) is 1. The molecule has 2 aromatic rings. The second-order valence-corrected chi connectivity index (χ2v) is 6.46. The lowest BCUT2D eigenvalue weighted by atomic mass is 9.92. The Morgan fingerprint density at radius 1 is 1.29 bits per heavy atom. The van der Waals surface area contributed by atoms with E-state index in [-0.39, 0.29) is 0 Å². The van der Waals surface area contributed by atoms with Crippen LogP contribution in [0.15, 0.2) is 36.5 Å². The maximum absolute atomic E-state index is 4.64. The Hall–Kier alpha value is -1.45. The van der Waals surface area contributed by atoms with Gasteiger partial charge in [-0.25, -0.2) is 0 Å². The van der Waals surface area contributed by atoms with Crippen LogP contribution in [0.2, 0.25) is 0 Å². The Labute approximate surface area is 127 Å². The second-order valence-electron chi connectivity index (χ2n) is 6.46. The molecule has 1 saturated heterocycles. The van der Waals surface area contributed by atoms with Crippen LogP contribution in [0.5, 0.6) is 0 Å². The third kappa shape index (κ3) is 2.94. The molecule has 2 atom stereocenters. The number of fused-ring (bicyclic) bond motifs is 1. The highest BCUT2D eigenvalue weighted by molar-refractivity contribution is 5.82. The first-order valence-electron chi connectivity index (χ1n) is 7.94. The fraction of sp³-hybridized carbons (Fsp3) is 0.500. The summed E-state index contributed by atoms with van der Waals surface area (Å²) in [5, 5.41) is 4.85. The number of pyridine rings is 1. The molecule has 0 bridgehead atoms. The van der Waals surface area contributed by atoms with Gasteiger partial charge in [0.25, 0.3) is 0 Å². The summed E-state index contributed by atoms with van der Waals surface area (Å²) in [6, 6.07) is 11.8. The summed E-state index contributed by atoms with van der Waals surface area (Å²) < 4.78 is 0. The van der Waals surface area contributed by atoms with Crippen LogP contribution in [0.1, 0.15) is 31.9 Å². The van der Waals surface area contributed by atoms with Gasteiger partial charge in [-0.05, 0) is 37.6 Å². The SMILES string of the molecule is CC(C)NCC1CCN(C)C1c1cccc2cccnc12. The van der Waals surface area contributed by atoms with E-state index >= 15 is 0 Å². The predicted octanol–water partition coefficient (Wildman–Crippen LogP) is 3.23. The summed E-state index contributed by atoms with van der Waals surface area (Å²) in [6.07, 6.45) is 3.16. The number of aromatic nitrogens is 1. The van der Waals surface area contributed by atoms with Crippen LogP contribution in [-0.4, -0.2) is 36.1 Å². The molecule has 2 unspecified atom stereocenters. The summed E-state index contributed by atoms with van der Waals surface area (Å²) in [7, 11) is 2.24.